The lowest BCUT2D eigenvalue weighted by atomic mass is 10.2. The standard InChI is InChI=1S/C16H28OSi2/c1-12(2)19(13(3)4,14(5)6)17-18-16-11-9-8-10-15(16)7/h8-14H,1-7H3. The van der Waals surface area contributed by atoms with Crippen LogP contribution in [0, 0.1) is 6.92 Å². The summed E-state index contributed by atoms with van der Waals surface area (Å²) in [6.45, 7) is 16.2. The lowest BCUT2D eigenvalue weighted by Gasteiger charge is -2.42. The third kappa shape index (κ3) is 3.58. The van der Waals surface area contributed by atoms with Crippen molar-refractivity contribution in [1.29, 1.82) is 0 Å². The predicted octanol–water partition coefficient (Wildman–Crippen LogP) is 4.43. The maximum absolute atomic E-state index is 6.65. The third-order valence-electron chi connectivity index (χ3n) is 4.19. The number of rotatable bonds is 6. The molecule has 0 aliphatic rings. The predicted molar refractivity (Wildman–Crippen MR) is 88.7 cm³/mol. The van der Waals surface area contributed by atoms with E-state index in [0.29, 0.717) is 26.4 Å². The highest BCUT2D eigenvalue weighted by molar-refractivity contribution is 6.82. The van der Waals surface area contributed by atoms with Gasteiger partial charge in [0.1, 0.15) is 0 Å². The van der Waals surface area contributed by atoms with Gasteiger partial charge in [0.15, 0.2) is 8.32 Å². The smallest absolute Gasteiger partial charge is 0.257 e. The summed E-state index contributed by atoms with van der Waals surface area (Å²) in [6.07, 6.45) is 0. The second kappa shape index (κ2) is 6.86. The van der Waals surface area contributed by atoms with Crippen LogP contribution in [-0.4, -0.2) is 18.1 Å². The van der Waals surface area contributed by atoms with Gasteiger partial charge in [0, 0.05) is 0 Å². The fourth-order valence-electron chi connectivity index (χ4n) is 3.18. The quantitative estimate of drug-likeness (QED) is 0.705. The van der Waals surface area contributed by atoms with Gasteiger partial charge in [0.2, 0.25) is 0 Å². The first-order valence-corrected chi connectivity index (χ1v) is 10.4. The van der Waals surface area contributed by atoms with Crippen molar-refractivity contribution in [3.05, 3.63) is 29.8 Å². The van der Waals surface area contributed by atoms with Gasteiger partial charge in [-0.05, 0) is 34.3 Å². The van der Waals surface area contributed by atoms with E-state index >= 15 is 0 Å². The molecule has 1 aromatic rings. The Bertz CT molecular complexity index is 378. The van der Waals surface area contributed by atoms with Crippen LogP contribution in [0.3, 0.4) is 0 Å². The van der Waals surface area contributed by atoms with Crippen molar-refractivity contribution in [3.63, 3.8) is 0 Å². The average Bonchev–Trinajstić information content (AvgIpc) is 2.30. The molecule has 0 amide bonds. The van der Waals surface area contributed by atoms with Crippen molar-refractivity contribution in [2.45, 2.75) is 65.1 Å². The fraction of sp³-hybridized carbons (Fsp3) is 0.625. The number of aryl methyl sites for hydroxylation is 1. The zero-order valence-corrected chi connectivity index (χ0v) is 15.4. The Morgan fingerprint density at radius 1 is 0.895 bits per heavy atom. The van der Waals surface area contributed by atoms with Crippen LogP contribution in [0.15, 0.2) is 24.3 Å². The molecule has 0 N–H and O–H groups in total. The summed E-state index contributed by atoms with van der Waals surface area (Å²) in [6, 6.07) is 8.59. The van der Waals surface area contributed by atoms with Crippen LogP contribution >= 0.6 is 0 Å². The van der Waals surface area contributed by atoms with E-state index in [2.05, 4.69) is 72.7 Å². The second-order valence-corrected chi connectivity index (χ2v) is 13.1. The normalized spacial score (nSPS) is 12.7. The number of benzene rings is 1. The molecule has 19 heavy (non-hydrogen) atoms. The molecule has 1 rings (SSSR count). The monoisotopic (exact) mass is 292 g/mol. The molecule has 0 saturated carbocycles. The summed E-state index contributed by atoms with van der Waals surface area (Å²) in [7, 11) is -1.23. The zero-order valence-electron chi connectivity index (χ0n) is 13.4. The molecule has 3 heteroatoms. The van der Waals surface area contributed by atoms with E-state index in [1.807, 2.05) is 0 Å². The van der Waals surface area contributed by atoms with E-state index in [4.69, 9.17) is 4.12 Å². The van der Waals surface area contributed by atoms with E-state index in [-0.39, 0.29) is 0 Å². The molecule has 106 valence electrons. The minimum absolute atomic E-state index is 0.495. The summed E-state index contributed by atoms with van der Waals surface area (Å²) in [5.74, 6) is 0. The van der Waals surface area contributed by atoms with Gasteiger partial charge in [-0.1, -0.05) is 65.8 Å². The molecule has 1 nitrogen and oxygen atoms in total. The topological polar surface area (TPSA) is 9.23 Å². The molecular weight excluding hydrogens is 264 g/mol. The minimum atomic E-state index is -1.72. The molecule has 0 bridgehead atoms. The summed E-state index contributed by atoms with van der Waals surface area (Å²) >= 11 is 0. The molecule has 0 aromatic heterocycles. The van der Waals surface area contributed by atoms with E-state index < -0.39 is 8.32 Å². The van der Waals surface area contributed by atoms with E-state index in [9.17, 15) is 0 Å². The molecule has 0 aliphatic carbocycles. The Labute approximate surface area is 122 Å². The molecule has 0 fully saturated rings. The molecule has 0 heterocycles. The summed E-state index contributed by atoms with van der Waals surface area (Å²) in [5.41, 5.74) is 3.32. The molecule has 2 radical (unpaired) electrons. The highest BCUT2D eigenvalue weighted by Crippen LogP contribution is 2.41. The van der Waals surface area contributed by atoms with Crippen LogP contribution in [0.2, 0.25) is 16.6 Å². The highest BCUT2D eigenvalue weighted by Gasteiger charge is 2.44. The van der Waals surface area contributed by atoms with Crippen LogP contribution in [0.4, 0.5) is 0 Å². The molecule has 0 atom stereocenters. The van der Waals surface area contributed by atoms with Gasteiger partial charge in [0.25, 0.3) is 9.76 Å². The summed E-state index contributed by atoms with van der Waals surface area (Å²) < 4.78 is 6.65. The van der Waals surface area contributed by atoms with Crippen molar-refractivity contribution in [3.8, 4) is 0 Å². The number of hydrogen-bond acceptors (Lipinski definition) is 1. The molecule has 1 aromatic carbocycles. The molecular formula is C16H28OSi2. The minimum Gasteiger partial charge on any atom is -0.452 e. The first kappa shape index (κ1) is 16.7. The van der Waals surface area contributed by atoms with E-state index in [0.717, 1.165) is 0 Å². The van der Waals surface area contributed by atoms with Gasteiger partial charge in [-0.3, -0.25) is 0 Å². The van der Waals surface area contributed by atoms with Crippen LogP contribution in [0.1, 0.15) is 47.1 Å². The molecule has 0 spiro atoms. The van der Waals surface area contributed by atoms with Gasteiger partial charge in [-0.25, -0.2) is 0 Å². The Hall–Kier alpha value is -0.386. The van der Waals surface area contributed by atoms with Crippen LogP contribution < -0.4 is 5.19 Å². The van der Waals surface area contributed by atoms with Crippen molar-refractivity contribution in [1.82, 2.24) is 0 Å². The molecule has 0 unspecified atom stereocenters. The largest absolute Gasteiger partial charge is 0.452 e. The Balaban J connectivity index is 2.94. The summed E-state index contributed by atoms with van der Waals surface area (Å²) in [4.78, 5) is 0. The Morgan fingerprint density at radius 2 is 1.37 bits per heavy atom. The van der Waals surface area contributed by atoms with Crippen LogP contribution in [0.25, 0.3) is 0 Å². The summed E-state index contributed by atoms with van der Waals surface area (Å²) in [5, 5.41) is 1.36. The van der Waals surface area contributed by atoms with E-state index in [1.165, 1.54) is 10.8 Å². The first-order valence-electron chi connectivity index (χ1n) is 7.32. The average molecular weight is 293 g/mol. The van der Waals surface area contributed by atoms with E-state index in [1.54, 1.807) is 0 Å². The lowest BCUT2D eigenvalue weighted by molar-refractivity contribution is 0.511. The third-order valence-corrected chi connectivity index (χ3v) is 12.2. The maximum atomic E-state index is 6.65. The zero-order chi connectivity index (χ0) is 14.6. The van der Waals surface area contributed by atoms with Gasteiger partial charge in [-0.15, -0.1) is 0 Å². The lowest BCUT2D eigenvalue weighted by Crippen LogP contribution is -2.50. The van der Waals surface area contributed by atoms with Gasteiger partial charge >= 0.3 is 0 Å². The fourth-order valence-corrected chi connectivity index (χ4v) is 11.6. The highest BCUT2D eigenvalue weighted by atomic mass is 28.4. The van der Waals surface area contributed by atoms with Crippen molar-refractivity contribution in [2.24, 2.45) is 0 Å². The first-order chi connectivity index (χ1) is 8.82. The van der Waals surface area contributed by atoms with Gasteiger partial charge in [-0.2, -0.15) is 0 Å². The van der Waals surface area contributed by atoms with Crippen LogP contribution in [-0.2, 0) is 4.12 Å². The molecule has 0 aliphatic heterocycles. The van der Waals surface area contributed by atoms with Crippen molar-refractivity contribution >= 4 is 23.3 Å². The van der Waals surface area contributed by atoms with Crippen molar-refractivity contribution in [2.75, 3.05) is 0 Å². The Kier molecular flexibility index (Phi) is 6.02. The maximum Gasteiger partial charge on any atom is 0.257 e. The van der Waals surface area contributed by atoms with Crippen LogP contribution in [0.5, 0.6) is 0 Å². The molecule has 0 saturated heterocycles. The Morgan fingerprint density at radius 3 is 1.79 bits per heavy atom. The SMILES string of the molecule is Cc1ccccc1[Si]O[Si](C(C)C)(C(C)C)C(C)C. The van der Waals surface area contributed by atoms with Crippen molar-refractivity contribution < 1.29 is 4.12 Å². The number of hydrogen-bond donors (Lipinski definition) is 0. The van der Waals surface area contributed by atoms with Gasteiger partial charge in [0.05, 0.1) is 0 Å². The second-order valence-electron chi connectivity index (χ2n) is 6.34. The van der Waals surface area contributed by atoms with Gasteiger partial charge < -0.3 is 4.12 Å².